The maximum Gasteiger partial charge on any atom is 0.122 e. The van der Waals surface area contributed by atoms with Crippen LogP contribution in [0.5, 0.6) is 5.75 Å². The number of anilines is 1. The van der Waals surface area contributed by atoms with Gasteiger partial charge in [-0.2, -0.15) is 0 Å². The Kier molecular flexibility index (Phi) is 5.51. The number of hydrogen-bond donors (Lipinski definition) is 1. The minimum absolute atomic E-state index is 0.512. The topological polar surface area (TPSA) is 21.3 Å². The molecule has 0 amide bonds. The average molecular weight is 304 g/mol. The first-order chi connectivity index (χ1) is 10.1. The summed E-state index contributed by atoms with van der Waals surface area (Å²) in [5.74, 6) is 1.48. The van der Waals surface area contributed by atoms with E-state index in [1.165, 1.54) is 11.1 Å². The van der Waals surface area contributed by atoms with E-state index >= 15 is 0 Å². The number of ether oxygens (including phenoxy) is 1. The number of aryl methyl sites for hydroxylation is 1. The van der Waals surface area contributed by atoms with E-state index in [1.807, 2.05) is 24.3 Å². The van der Waals surface area contributed by atoms with Crippen molar-refractivity contribution in [2.24, 2.45) is 0 Å². The fourth-order valence-electron chi connectivity index (χ4n) is 2.09. The van der Waals surface area contributed by atoms with Crippen molar-refractivity contribution in [3.05, 3.63) is 58.6 Å². The number of hydrogen-bond acceptors (Lipinski definition) is 2. The molecule has 0 aromatic heterocycles. The van der Waals surface area contributed by atoms with Gasteiger partial charge in [0.2, 0.25) is 0 Å². The first kappa shape index (κ1) is 15.7. The molecule has 112 valence electrons. The van der Waals surface area contributed by atoms with Crippen LogP contribution in [0.15, 0.2) is 42.5 Å². The monoisotopic (exact) mass is 303 g/mol. The molecule has 0 aliphatic rings. The smallest absolute Gasteiger partial charge is 0.122 e. The molecule has 3 heteroatoms. The normalized spacial score (nSPS) is 10.7. The van der Waals surface area contributed by atoms with Crippen LogP contribution in [0.25, 0.3) is 0 Å². The van der Waals surface area contributed by atoms with Crippen molar-refractivity contribution in [3.63, 3.8) is 0 Å². The highest BCUT2D eigenvalue weighted by molar-refractivity contribution is 6.30. The second-order valence-corrected chi connectivity index (χ2v) is 5.90. The molecule has 2 rings (SSSR count). The van der Waals surface area contributed by atoms with E-state index in [1.54, 1.807) is 0 Å². The highest BCUT2D eigenvalue weighted by Crippen LogP contribution is 2.24. The van der Waals surface area contributed by atoms with Crippen molar-refractivity contribution in [2.75, 3.05) is 18.5 Å². The molecule has 2 aromatic rings. The predicted octanol–water partition coefficient (Wildman–Crippen LogP) is 5.26. The Morgan fingerprint density at radius 3 is 2.67 bits per heavy atom. The van der Waals surface area contributed by atoms with Crippen LogP contribution in [-0.4, -0.2) is 13.2 Å². The Morgan fingerprint density at radius 1 is 1.14 bits per heavy atom. The zero-order valence-corrected chi connectivity index (χ0v) is 13.6. The van der Waals surface area contributed by atoms with Crippen LogP contribution in [-0.2, 0) is 0 Å². The lowest BCUT2D eigenvalue weighted by atomic mass is 10.0. The molecule has 0 aliphatic heterocycles. The summed E-state index contributed by atoms with van der Waals surface area (Å²) in [6.07, 6.45) is 0. The summed E-state index contributed by atoms with van der Waals surface area (Å²) in [5.41, 5.74) is 3.49. The van der Waals surface area contributed by atoms with E-state index < -0.39 is 0 Å². The fourth-order valence-corrected chi connectivity index (χ4v) is 2.28. The van der Waals surface area contributed by atoms with E-state index in [4.69, 9.17) is 16.3 Å². The lowest BCUT2D eigenvalue weighted by molar-refractivity contribution is 0.330. The van der Waals surface area contributed by atoms with E-state index in [0.717, 1.165) is 23.0 Å². The molecular weight excluding hydrogens is 282 g/mol. The van der Waals surface area contributed by atoms with E-state index in [2.05, 4.69) is 44.3 Å². The summed E-state index contributed by atoms with van der Waals surface area (Å²) in [5, 5.41) is 4.04. The molecule has 0 aliphatic carbocycles. The number of nitrogens with one attached hydrogen (secondary N) is 1. The Balaban J connectivity index is 1.87. The third-order valence-electron chi connectivity index (χ3n) is 3.39. The standard InChI is InChI=1S/C18H22ClNO/c1-13(2)15-8-7-14(3)18(11-15)21-10-9-20-17-6-4-5-16(19)12-17/h4-8,11-13,20H,9-10H2,1-3H3. The zero-order valence-electron chi connectivity index (χ0n) is 12.8. The van der Waals surface area contributed by atoms with Crippen LogP contribution in [0.2, 0.25) is 5.02 Å². The summed E-state index contributed by atoms with van der Waals surface area (Å²) >= 11 is 5.95. The lowest BCUT2D eigenvalue weighted by Crippen LogP contribution is -2.12. The molecule has 0 spiro atoms. The van der Waals surface area contributed by atoms with Gasteiger partial charge in [0.25, 0.3) is 0 Å². The Labute approximate surface area is 132 Å². The number of rotatable bonds is 6. The van der Waals surface area contributed by atoms with Crippen molar-refractivity contribution >= 4 is 17.3 Å². The van der Waals surface area contributed by atoms with Gasteiger partial charge in [0.05, 0.1) is 0 Å². The van der Waals surface area contributed by atoms with Crippen molar-refractivity contribution in [1.82, 2.24) is 0 Å². The van der Waals surface area contributed by atoms with Crippen LogP contribution in [0.3, 0.4) is 0 Å². The Morgan fingerprint density at radius 2 is 1.95 bits per heavy atom. The fraction of sp³-hybridized carbons (Fsp3) is 0.333. The quantitative estimate of drug-likeness (QED) is 0.735. The average Bonchev–Trinajstić information content (AvgIpc) is 2.45. The van der Waals surface area contributed by atoms with Crippen LogP contribution in [0, 0.1) is 6.92 Å². The molecule has 0 radical (unpaired) electrons. The maximum absolute atomic E-state index is 5.95. The number of benzene rings is 2. The van der Waals surface area contributed by atoms with Crippen molar-refractivity contribution in [2.45, 2.75) is 26.7 Å². The zero-order chi connectivity index (χ0) is 15.2. The molecule has 0 saturated heterocycles. The Hall–Kier alpha value is -1.67. The minimum Gasteiger partial charge on any atom is -0.491 e. The summed E-state index contributed by atoms with van der Waals surface area (Å²) in [6, 6.07) is 14.1. The van der Waals surface area contributed by atoms with E-state index in [0.29, 0.717) is 12.5 Å². The maximum atomic E-state index is 5.95. The molecule has 0 heterocycles. The SMILES string of the molecule is Cc1ccc(C(C)C)cc1OCCNc1cccc(Cl)c1. The molecule has 21 heavy (non-hydrogen) atoms. The van der Waals surface area contributed by atoms with Crippen molar-refractivity contribution in [3.8, 4) is 5.75 Å². The highest BCUT2D eigenvalue weighted by atomic mass is 35.5. The third kappa shape index (κ3) is 4.68. The highest BCUT2D eigenvalue weighted by Gasteiger charge is 2.04. The summed E-state index contributed by atoms with van der Waals surface area (Å²) in [7, 11) is 0. The molecular formula is C18H22ClNO. The van der Waals surface area contributed by atoms with Gasteiger partial charge in [-0.3, -0.25) is 0 Å². The molecule has 0 bridgehead atoms. The van der Waals surface area contributed by atoms with Gasteiger partial charge in [-0.05, 0) is 48.2 Å². The Bertz CT molecular complexity index is 596. The van der Waals surface area contributed by atoms with E-state index in [-0.39, 0.29) is 0 Å². The predicted molar refractivity (Wildman–Crippen MR) is 90.7 cm³/mol. The summed E-state index contributed by atoms with van der Waals surface area (Å²) in [6.45, 7) is 7.81. The molecule has 0 atom stereocenters. The summed E-state index contributed by atoms with van der Waals surface area (Å²) in [4.78, 5) is 0. The third-order valence-corrected chi connectivity index (χ3v) is 3.63. The van der Waals surface area contributed by atoms with Crippen LogP contribution >= 0.6 is 11.6 Å². The number of halogens is 1. The molecule has 1 N–H and O–H groups in total. The van der Waals surface area contributed by atoms with Gasteiger partial charge < -0.3 is 10.1 Å². The van der Waals surface area contributed by atoms with Gasteiger partial charge in [-0.25, -0.2) is 0 Å². The first-order valence-electron chi connectivity index (χ1n) is 7.29. The lowest BCUT2D eigenvalue weighted by Gasteiger charge is -2.13. The second kappa shape index (κ2) is 7.37. The van der Waals surface area contributed by atoms with Gasteiger partial charge in [0.15, 0.2) is 0 Å². The van der Waals surface area contributed by atoms with Gasteiger partial charge in [-0.1, -0.05) is 43.6 Å². The van der Waals surface area contributed by atoms with Crippen molar-refractivity contribution < 1.29 is 4.74 Å². The molecule has 0 fully saturated rings. The summed E-state index contributed by atoms with van der Waals surface area (Å²) < 4.78 is 5.88. The van der Waals surface area contributed by atoms with E-state index in [9.17, 15) is 0 Å². The second-order valence-electron chi connectivity index (χ2n) is 5.47. The van der Waals surface area contributed by atoms with Crippen LogP contribution in [0.1, 0.15) is 30.9 Å². The molecule has 0 unspecified atom stereocenters. The van der Waals surface area contributed by atoms with Gasteiger partial charge in [0.1, 0.15) is 12.4 Å². The van der Waals surface area contributed by atoms with Crippen LogP contribution in [0.4, 0.5) is 5.69 Å². The molecule has 2 nitrogen and oxygen atoms in total. The van der Waals surface area contributed by atoms with Gasteiger partial charge >= 0.3 is 0 Å². The van der Waals surface area contributed by atoms with Crippen LogP contribution < -0.4 is 10.1 Å². The van der Waals surface area contributed by atoms with Gasteiger partial charge in [0, 0.05) is 17.3 Å². The van der Waals surface area contributed by atoms with Gasteiger partial charge in [-0.15, -0.1) is 0 Å². The first-order valence-corrected chi connectivity index (χ1v) is 7.67. The largest absolute Gasteiger partial charge is 0.491 e. The molecule has 0 saturated carbocycles. The minimum atomic E-state index is 0.512. The molecule has 2 aromatic carbocycles. The van der Waals surface area contributed by atoms with Crippen molar-refractivity contribution in [1.29, 1.82) is 0 Å².